The Labute approximate surface area is 185 Å². The summed E-state index contributed by atoms with van der Waals surface area (Å²) in [6.45, 7) is 0. The number of alkyl halides is 6. The summed E-state index contributed by atoms with van der Waals surface area (Å²) in [5, 5.41) is 12.4. The quantitative estimate of drug-likeness (QED) is 0.315. The third kappa shape index (κ3) is 4.71. The van der Waals surface area contributed by atoms with Crippen LogP contribution in [0.5, 0.6) is 0 Å². The summed E-state index contributed by atoms with van der Waals surface area (Å²) in [7, 11) is 0. The Bertz CT molecular complexity index is 1170. The number of nitriles is 1. The lowest BCUT2D eigenvalue weighted by molar-refractivity contribution is -0.137. The van der Waals surface area contributed by atoms with Gasteiger partial charge in [0.15, 0.2) is 5.69 Å². The summed E-state index contributed by atoms with van der Waals surface area (Å²) in [6.07, 6.45) is -4.65. The van der Waals surface area contributed by atoms with E-state index in [9.17, 15) is 26.3 Å². The first-order valence-electron chi connectivity index (χ1n) is 8.04. The maximum Gasteiger partial charge on any atom is 0.446 e. The highest BCUT2D eigenvalue weighted by molar-refractivity contribution is 8.00. The van der Waals surface area contributed by atoms with Gasteiger partial charge in [-0.25, -0.2) is 4.68 Å². The second-order valence-electron chi connectivity index (χ2n) is 5.97. The minimum atomic E-state index is -4.74. The molecule has 2 N–H and O–H groups in total. The van der Waals surface area contributed by atoms with E-state index in [0.29, 0.717) is 0 Å². The number of aromatic nitrogens is 2. The Kier molecular flexibility index (Phi) is 6.10. The molecule has 0 saturated heterocycles. The molecule has 0 unspecified atom stereocenters. The average Bonchev–Trinajstić information content (AvgIpc) is 2.95. The van der Waals surface area contributed by atoms with Crippen molar-refractivity contribution in [2.45, 2.75) is 16.6 Å². The topological polar surface area (TPSA) is 67.6 Å². The molecule has 162 valence electrons. The highest BCUT2D eigenvalue weighted by Crippen LogP contribution is 2.44. The van der Waals surface area contributed by atoms with E-state index in [2.05, 4.69) is 5.10 Å². The molecule has 0 atom stereocenters. The van der Waals surface area contributed by atoms with Crippen LogP contribution in [0.1, 0.15) is 11.3 Å². The first-order valence-corrected chi connectivity index (χ1v) is 9.61. The van der Waals surface area contributed by atoms with E-state index >= 15 is 0 Å². The summed E-state index contributed by atoms with van der Waals surface area (Å²) in [5.41, 5.74) is -0.902. The van der Waals surface area contributed by atoms with Crippen LogP contribution in [0.15, 0.2) is 41.3 Å². The Morgan fingerprint density at radius 2 is 1.61 bits per heavy atom. The number of benzene rings is 2. The van der Waals surface area contributed by atoms with Crippen LogP contribution in [0.25, 0.3) is 16.8 Å². The Morgan fingerprint density at radius 1 is 1.03 bits per heavy atom. The first kappa shape index (κ1) is 23.1. The van der Waals surface area contributed by atoms with Crippen molar-refractivity contribution in [3.8, 4) is 22.9 Å². The second-order valence-corrected chi connectivity index (χ2v) is 7.86. The number of hydrogen-bond donors (Lipinski definition) is 1. The van der Waals surface area contributed by atoms with Crippen LogP contribution in [0, 0.1) is 11.3 Å². The number of hydrogen-bond acceptors (Lipinski definition) is 4. The van der Waals surface area contributed by atoms with Crippen molar-refractivity contribution in [3.05, 3.63) is 57.7 Å². The second kappa shape index (κ2) is 8.18. The number of nitrogen functional groups attached to an aromatic ring is 1. The average molecular weight is 497 g/mol. The zero-order valence-electron chi connectivity index (χ0n) is 14.8. The van der Waals surface area contributed by atoms with Crippen molar-refractivity contribution < 1.29 is 26.3 Å². The number of rotatable bonds is 3. The molecule has 13 heteroatoms. The molecule has 0 amide bonds. The van der Waals surface area contributed by atoms with Crippen molar-refractivity contribution in [1.82, 2.24) is 9.78 Å². The van der Waals surface area contributed by atoms with Crippen molar-refractivity contribution in [2.75, 3.05) is 5.73 Å². The number of anilines is 1. The van der Waals surface area contributed by atoms with Gasteiger partial charge < -0.3 is 5.73 Å². The molecule has 0 radical (unpaired) electrons. The zero-order chi connectivity index (χ0) is 23.1. The van der Waals surface area contributed by atoms with Crippen molar-refractivity contribution >= 4 is 40.8 Å². The predicted molar refractivity (Wildman–Crippen MR) is 105 cm³/mol. The Morgan fingerprint density at radius 3 is 2.13 bits per heavy atom. The van der Waals surface area contributed by atoms with Crippen LogP contribution in [-0.4, -0.2) is 15.3 Å². The van der Waals surface area contributed by atoms with E-state index in [-0.39, 0.29) is 26.9 Å². The van der Waals surface area contributed by atoms with Gasteiger partial charge >= 0.3 is 11.7 Å². The van der Waals surface area contributed by atoms with Crippen molar-refractivity contribution in [3.63, 3.8) is 0 Å². The van der Waals surface area contributed by atoms with Gasteiger partial charge in [0, 0.05) is 0 Å². The SMILES string of the molecule is N#Cc1nn(-c2c(Cl)cc(-c3ccccc3C(F)(F)F)cc2Cl)c(N)c1SC(F)(F)F. The molecule has 3 aromatic rings. The molecule has 0 fully saturated rings. The van der Waals surface area contributed by atoms with Gasteiger partial charge in [0.25, 0.3) is 0 Å². The van der Waals surface area contributed by atoms with Gasteiger partial charge in [-0.1, -0.05) is 41.4 Å². The lowest BCUT2D eigenvalue weighted by atomic mass is 9.99. The van der Waals surface area contributed by atoms with Gasteiger partial charge in [-0.2, -0.15) is 36.7 Å². The van der Waals surface area contributed by atoms with Gasteiger partial charge in [0.2, 0.25) is 0 Å². The van der Waals surface area contributed by atoms with Gasteiger partial charge in [-0.3, -0.25) is 0 Å². The van der Waals surface area contributed by atoms with Crippen molar-refractivity contribution in [2.24, 2.45) is 0 Å². The third-order valence-corrected chi connectivity index (χ3v) is 5.39. The largest absolute Gasteiger partial charge is 0.446 e. The maximum atomic E-state index is 13.3. The first-order chi connectivity index (χ1) is 14.3. The minimum absolute atomic E-state index is 0.0165. The van der Waals surface area contributed by atoms with Crippen LogP contribution in [-0.2, 0) is 6.18 Å². The van der Waals surface area contributed by atoms with E-state index in [1.54, 1.807) is 0 Å². The summed E-state index contributed by atoms with van der Waals surface area (Å²) in [5.74, 6) is -0.550. The molecule has 0 aliphatic carbocycles. The van der Waals surface area contributed by atoms with Crippen LogP contribution in [0.3, 0.4) is 0 Å². The van der Waals surface area contributed by atoms with Gasteiger partial charge in [0.05, 0.1) is 20.5 Å². The molecular formula is C18H8Cl2F6N4S. The molecule has 2 aromatic carbocycles. The van der Waals surface area contributed by atoms with Crippen LogP contribution in [0.2, 0.25) is 10.0 Å². The van der Waals surface area contributed by atoms with E-state index in [4.69, 9.17) is 34.2 Å². The van der Waals surface area contributed by atoms with E-state index in [1.165, 1.54) is 24.3 Å². The fourth-order valence-corrected chi connectivity index (χ4v) is 4.03. The van der Waals surface area contributed by atoms with Crippen molar-refractivity contribution in [1.29, 1.82) is 5.26 Å². The van der Waals surface area contributed by atoms with Gasteiger partial charge in [0.1, 0.15) is 17.6 Å². The fraction of sp³-hybridized carbons (Fsp3) is 0.111. The molecule has 0 bridgehead atoms. The van der Waals surface area contributed by atoms with E-state index in [0.717, 1.165) is 22.9 Å². The normalized spacial score (nSPS) is 12.1. The number of halogens is 8. The molecule has 31 heavy (non-hydrogen) atoms. The highest BCUT2D eigenvalue weighted by atomic mass is 35.5. The molecule has 3 rings (SSSR count). The van der Waals surface area contributed by atoms with E-state index in [1.807, 2.05) is 0 Å². The van der Waals surface area contributed by atoms with Gasteiger partial charge in [-0.05, 0) is 41.1 Å². The summed E-state index contributed by atoms with van der Waals surface area (Å²) >= 11 is 11.8. The summed E-state index contributed by atoms with van der Waals surface area (Å²) < 4.78 is 79.1. The van der Waals surface area contributed by atoms with Gasteiger partial charge in [-0.15, -0.1) is 0 Å². The molecule has 0 spiro atoms. The predicted octanol–water partition coefficient (Wildman–Crippen LogP) is 6.93. The lowest BCUT2D eigenvalue weighted by Crippen LogP contribution is -2.08. The number of nitrogens with two attached hydrogens (primary N) is 1. The lowest BCUT2D eigenvalue weighted by Gasteiger charge is -2.15. The molecule has 1 aromatic heterocycles. The monoisotopic (exact) mass is 496 g/mol. The molecule has 0 saturated carbocycles. The van der Waals surface area contributed by atoms with Crippen LogP contribution < -0.4 is 5.73 Å². The third-order valence-electron chi connectivity index (χ3n) is 3.97. The van der Waals surface area contributed by atoms with E-state index < -0.39 is 45.4 Å². The Balaban J connectivity index is 2.17. The van der Waals surface area contributed by atoms with Crippen LogP contribution in [0.4, 0.5) is 32.2 Å². The van der Waals surface area contributed by atoms with Crippen LogP contribution >= 0.6 is 35.0 Å². The molecule has 0 aliphatic rings. The smallest absolute Gasteiger partial charge is 0.383 e. The maximum absolute atomic E-state index is 13.3. The number of thioether (sulfide) groups is 1. The highest BCUT2D eigenvalue weighted by Gasteiger charge is 2.35. The molecule has 0 aliphatic heterocycles. The molecule has 1 heterocycles. The minimum Gasteiger partial charge on any atom is -0.383 e. The number of nitrogens with zero attached hydrogens (tertiary/aromatic N) is 3. The molecule has 4 nitrogen and oxygen atoms in total. The fourth-order valence-electron chi connectivity index (χ4n) is 2.78. The standard InChI is InChI=1S/C18H8Cl2F6N4S/c19-11-5-8(9-3-1-2-4-10(9)17(21,22)23)6-12(20)14(11)30-16(28)15(13(7-27)29-30)31-18(24,25)26/h1-6H,28H2. The Hall–Kier alpha value is -2.55. The summed E-state index contributed by atoms with van der Waals surface area (Å²) in [6, 6.07) is 8.53. The zero-order valence-corrected chi connectivity index (χ0v) is 17.1. The summed E-state index contributed by atoms with van der Waals surface area (Å²) in [4.78, 5) is -0.645. The molecular weight excluding hydrogens is 489 g/mol.